The Morgan fingerprint density at radius 3 is 2.38 bits per heavy atom. The first-order valence-corrected chi connectivity index (χ1v) is 5.82. The minimum absolute atomic E-state index is 0.656. The van der Waals surface area contributed by atoms with E-state index >= 15 is 0 Å². The zero-order valence-corrected chi connectivity index (χ0v) is 10.0. The van der Waals surface area contributed by atoms with Gasteiger partial charge in [-0.15, -0.1) is 0 Å². The maximum absolute atomic E-state index is 9.80. The normalized spacial score (nSPS) is 12.0. The average molecular weight is 218 g/mol. The van der Waals surface area contributed by atoms with Crippen LogP contribution in [-0.4, -0.2) is 24.7 Å². The Labute approximate surface area is 97.9 Å². The Bertz CT molecular complexity index is 346. The Balaban J connectivity index is 2.51. The Hall–Kier alpha value is -1.30. The third kappa shape index (κ3) is 4.06. The number of benzene rings is 1. The van der Waals surface area contributed by atoms with Gasteiger partial charge in [-0.05, 0) is 25.3 Å². The summed E-state index contributed by atoms with van der Waals surface area (Å²) in [6, 6.07) is 9.54. The van der Waals surface area contributed by atoms with Gasteiger partial charge < -0.3 is 10.0 Å². The molecule has 0 saturated carbocycles. The number of aliphatic hydroxyl groups is 1. The molecule has 0 spiro atoms. The molecule has 0 radical (unpaired) electrons. The van der Waals surface area contributed by atoms with Crippen molar-refractivity contribution in [2.45, 2.75) is 20.0 Å². The van der Waals surface area contributed by atoms with Crippen LogP contribution in [0.3, 0.4) is 0 Å². The van der Waals surface area contributed by atoms with Gasteiger partial charge in [-0.3, -0.25) is 0 Å². The summed E-state index contributed by atoms with van der Waals surface area (Å²) in [5, 5.41) is 9.80. The highest BCUT2D eigenvalue weighted by Crippen LogP contribution is 2.09. The number of aliphatic hydroxyl groups excluding tert-OH is 1. The van der Waals surface area contributed by atoms with E-state index in [-0.39, 0.29) is 0 Å². The third-order valence-electron chi connectivity index (χ3n) is 2.69. The molecule has 0 aliphatic carbocycles. The molecule has 86 valence electrons. The minimum Gasteiger partial charge on any atom is -0.376 e. The van der Waals surface area contributed by atoms with Crippen molar-refractivity contribution in [1.82, 2.24) is 0 Å². The highest BCUT2D eigenvalue weighted by atomic mass is 16.3. The first kappa shape index (κ1) is 12.8. The van der Waals surface area contributed by atoms with Crippen LogP contribution in [0.2, 0.25) is 0 Å². The zero-order valence-electron chi connectivity index (χ0n) is 10.0. The maximum atomic E-state index is 9.80. The van der Waals surface area contributed by atoms with Crippen molar-refractivity contribution < 1.29 is 10.0 Å². The molecular weight excluding hydrogens is 198 g/mol. The molecule has 1 rings (SSSR count). The van der Waals surface area contributed by atoms with Crippen molar-refractivity contribution in [2.75, 3.05) is 19.6 Å². The fraction of sp³-hybridized carbons (Fsp3) is 0.429. The summed E-state index contributed by atoms with van der Waals surface area (Å²) in [5.74, 6) is 5.93. The molecule has 2 N–H and O–H groups in total. The summed E-state index contributed by atoms with van der Waals surface area (Å²) in [6.45, 7) is 7.25. The molecule has 0 fully saturated rings. The highest BCUT2D eigenvalue weighted by Gasteiger charge is 2.02. The van der Waals surface area contributed by atoms with Crippen LogP contribution >= 0.6 is 0 Å². The first-order chi connectivity index (χ1) is 7.77. The summed E-state index contributed by atoms with van der Waals surface area (Å²) in [6.07, 6.45) is -0.656. The molecule has 0 saturated heterocycles. The highest BCUT2D eigenvalue weighted by molar-refractivity contribution is 5.24. The number of rotatable bonds is 4. The van der Waals surface area contributed by atoms with E-state index < -0.39 is 6.10 Å². The minimum atomic E-state index is -0.656. The van der Waals surface area contributed by atoms with Crippen molar-refractivity contribution in [3.8, 4) is 11.8 Å². The molecule has 0 amide bonds. The number of hydrogen-bond donors (Lipinski definition) is 2. The average Bonchev–Trinajstić information content (AvgIpc) is 2.35. The quantitative estimate of drug-likeness (QED) is 0.713. The van der Waals surface area contributed by atoms with Gasteiger partial charge in [0.15, 0.2) is 0 Å². The van der Waals surface area contributed by atoms with Gasteiger partial charge in [0.2, 0.25) is 0 Å². The standard InChI is InChI=1S/C14H19NO/c1-3-15(4-2)12-8-11-14(16)13-9-6-5-7-10-13/h5-7,9-10,14,16H,3-4,12H2,1-2H3/p+1/t14-/m0/s1. The molecule has 0 heterocycles. The molecule has 1 atom stereocenters. The van der Waals surface area contributed by atoms with E-state index in [1.165, 1.54) is 4.90 Å². The molecule has 16 heavy (non-hydrogen) atoms. The second-order valence-electron chi connectivity index (χ2n) is 3.77. The molecule has 1 aromatic carbocycles. The molecule has 2 heteroatoms. The lowest BCUT2D eigenvalue weighted by atomic mass is 10.1. The maximum Gasteiger partial charge on any atom is 0.140 e. The van der Waals surface area contributed by atoms with Crippen molar-refractivity contribution in [3.63, 3.8) is 0 Å². The lowest BCUT2D eigenvalue weighted by Gasteiger charge is -2.10. The number of quaternary nitrogens is 1. The first-order valence-electron chi connectivity index (χ1n) is 5.82. The summed E-state index contributed by atoms with van der Waals surface area (Å²) in [4.78, 5) is 1.44. The van der Waals surface area contributed by atoms with Crippen LogP contribution < -0.4 is 4.90 Å². The van der Waals surface area contributed by atoms with E-state index in [0.717, 1.165) is 25.2 Å². The summed E-state index contributed by atoms with van der Waals surface area (Å²) in [5.41, 5.74) is 0.865. The summed E-state index contributed by atoms with van der Waals surface area (Å²) in [7, 11) is 0. The summed E-state index contributed by atoms with van der Waals surface area (Å²) >= 11 is 0. The van der Waals surface area contributed by atoms with Gasteiger partial charge in [0.1, 0.15) is 12.6 Å². The lowest BCUT2D eigenvalue weighted by molar-refractivity contribution is -0.889. The van der Waals surface area contributed by atoms with Gasteiger partial charge >= 0.3 is 0 Å². The second kappa shape index (κ2) is 7.05. The Morgan fingerprint density at radius 1 is 1.19 bits per heavy atom. The van der Waals surface area contributed by atoms with E-state index in [0.29, 0.717) is 0 Å². The van der Waals surface area contributed by atoms with Gasteiger partial charge in [0.25, 0.3) is 0 Å². The fourth-order valence-corrected chi connectivity index (χ4v) is 1.49. The molecule has 0 unspecified atom stereocenters. The van der Waals surface area contributed by atoms with Gasteiger partial charge in [0.05, 0.1) is 13.1 Å². The third-order valence-corrected chi connectivity index (χ3v) is 2.69. The Kier molecular flexibility index (Phi) is 5.63. The molecule has 0 aromatic heterocycles. The van der Waals surface area contributed by atoms with Crippen LogP contribution in [0.25, 0.3) is 0 Å². The van der Waals surface area contributed by atoms with E-state index in [4.69, 9.17) is 0 Å². The lowest BCUT2D eigenvalue weighted by Crippen LogP contribution is -3.11. The smallest absolute Gasteiger partial charge is 0.140 e. The second-order valence-corrected chi connectivity index (χ2v) is 3.77. The van der Waals surface area contributed by atoms with E-state index in [1.54, 1.807) is 0 Å². The predicted octanol–water partition coefficient (Wildman–Crippen LogP) is 0.648. The van der Waals surface area contributed by atoms with Gasteiger partial charge in [-0.25, -0.2) is 0 Å². The van der Waals surface area contributed by atoms with Crippen LogP contribution in [0.4, 0.5) is 0 Å². The van der Waals surface area contributed by atoms with Crippen LogP contribution in [0, 0.1) is 11.8 Å². The van der Waals surface area contributed by atoms with E-state index in [2.05, 4.69) is 25.7 Å². The molecule has 0 aliphatic rings. The fourth-order valence-electron chi connectivity index (χ4n) is 1.49. The van der Waals surface area contributed by atoms with Crippen molar-refractivity contribution in [3.05, 3.63) is 35.9 Å². The largest absolute Gasteiger partial charge is 0.376 e. The molecular formula is C14H20NO+. The monoisotopic (exact) mass is 218 g/mol. The molecule has 2 nitrogen and oxygen atoms in total. The topological polar surface area (TPSA) is 24.7 Å². The predicted molar refractivity (Wildman–Crippen MR) is 66.1 cm³/mol. The van der Waals surface area contributed by atoms with Crippen molar-refractivity contribution in [2.24, 2.45) is 0 Å². The zero-order chi connectivity index (χ0) is 11.8. The van der Waals surface area contributed by atoms with E-state index in [9.17, 15) is 5.11 Å². The van der Waals surface area contributed by atoms with Crippen LogP contribution in [0.1, 0.15) is 25.5 Å². The Morgan fingerprint density at radius 2 is 1.81 bits per heavy atom. The van der Waals surface area contributed by atoms with Gasteiger partial charge in [-0.1, -0.05) is 36.3 Å². The van der Waals surface area contributed by atoms with Crippen LogP contribution in [0.15, 0.2) is 30.3 Å². The van der Waals surface area contributed by atoms with Crippen LogP contribution in [-0.2, 0) is 0 Å². The number of nitrogens with one attached hydrogen (secondary N) is 1. The van der Waals surface area contributed by atoms with Gasteiger partial charge in [-0.2, -0.15) is 0 Å². The SMILES string of the molecule is CC[NH+](CC)CC#C[C@H](O)c1ccccc1. The van der Waals surface area contributed by atoms with Crippen molar-refractivity contribution in [1.29, 1.82) is 0 Å². The van der Waals surface area contributed by atoms with Gasteiger partial charge in [0, 0.05) is 0 Å². The summed E-state index contributed by atoms with van der Waals surface area (Å²) < 4.78 is 0. The van der Waals surface area contributed by atoms with E-state index in [1.807, 2.05) is 30.3 Å². The molecule has 0 bridgehead atoms. The molecule has 1 aromatic rings. The number of hydrogen-bond acceptors (Lipinski definition) is 1. The molecule has 0 aliphatic heterocycles. The van der Waals surface area contributed by atoms with Crippen LogP contribution in [0.5, 0.6) is 0 Å². The van der Waals surface area contributed by atoms with Crippen molar-refractivity contribution >= 4 is 0 Å².